The molecule has 1 unspecified atom stereocenters. The minimum atomic E-state index is -1.02. The maximum Gasteiger partial charge on any atom is 0.305 e. The van der Waals surface area contributed by atoms with Gasteiger partial charge in [-0.3, -0.25) is 9.59 Å². The lowest BCUT2D eigenvalue weighted by molar-refractivity contribution is -0.139. The van der Waals surface area contributed by atoms with Crippen LogP contribution in [0.25, 0.3) is 0 Å². The zero-order valence-electron chi connectivity index (χ0n) is 12.8. The first-order valence-corrected chi connectivity index (χ1v) is 7.05. The molecule has 0 radical (unpaired) electrons. The summed E-state index contributed by atoms with van der Waals surface area (Å²) < 4.78 is 10.4. The Kier molecular flexibility index (Phi) is 6.64. The molecule has 0 heterocycles. The third-order valence-electron chi connectivity index (χ3n) is 3.02. The Hall–Kier alpha value is -1.79. The van der Waals surface area contributed by atoms with Crippen LogP contribution in [0.15, 0.2) is 18.2 Å². The van der Waals surface area contributed by atoms with Crippen LogP contribution in [-0.2, 0) is 14.3 Å². The van der Waals surface area contributed by atoms with Gasteiger partial charge in [0, 0.05) is 17.7 Å². The second-order valence-electron chi connectivity index (χ2n) is 5.26. The normalized spacial score (nSPS) is 13.3. The Morgan fingerprint density at radius 3 is 2.68 bits per heavy atom. The third-order valence-corrected chi connectivity index (χ3v) is 3.43. The predicted molar refractivity (Wildman–Crippen MR) is 82.4 cm³/mol. The van der Waals surface area contributed by atoms with E-state index in [1.165, 1.54) is 7.11 Å². The number of methoxy groups -OCH3 is 1. The van der Waals surface area contributed by atoms with Gasteiger partial charge in [0.1, 0.15) is 5.75 Å². The van der Waals surface area contributed by atoms with Crippen molar-refractivity contribution in [1.82, 2.24) is 5.32 Å². The van der Waals surface area contributed by atoms with Gasteiger partial charge in [0.05, 0.1) is 18.6 Å². The molecule has 0 aliphatic heterocycles. The number of amides is 1. The minimum Gasteiger partial charge on any atom is -0.483 e. The number of hydrogen-bond acceptors (Lipinski definition) is 4. The second kappa shape index (κ2) is 8.00. The van der Waals surface area contributed by atoms with Gasteiger partial charge in [0.15, 0.2) is 6.61 Å². The molecule has 1 aromatic rings. The summed E-state index contributed by atoms with van der Waals surface area (Å²) in [7, 11) is 1.44. The molecule has 7 heteroatoms. The molecule has 22 heavy (non-hydrogen) atoms. The van der Waals surface area contributed by atoms with Crippen molar-refractivity contribution < 1.29 is 24.2 Å². The summed E-state index contributed by atoms with van der Waals surface area (Å²) in [6.45, 7) is 3.24. The van der Waals surface area contributed by atoms with E-state index in [2.05, 4.69) is 5.32 Å². The van der Waals surface area contributed by atoms with Crippen molar-refractivity contribution in [2.24, 2.45) is 0 Å². The van der Waals surface area contributed by atoms with Crippen molar-refractivity contribution in [2.75, 3.05) is 20.3 Å². The summed E-state index contributed by atoms with van der Waals surface area (Å²) in [6.07, 6.45) is -0.247. The fourth-order valence-electron chi connectivity index (χ4n) is 2.04. The fourth-order valence-corrected chi connectivity index (χ4v) is 2.21. The van der Waals surface area contributed by atoms with Crippen molar-refractivity contribution in [3.63, 3.8) is 0 Å². The standard InChI is InChI=1S/C15H20ClNO5/c1-10-11(16)5-4-6-12(10)22-8-13(18)17-15(2,9-21-3)7-14(19)20/h4-6H,7-9H2,1-3H3,(H,17,18)(H,19,20). The number of nitrogens with one attached hydrogen (secondary N) is 1. The van der Waals surface area contributed by atoms with Gasteiger partial charge < -0.3 is 19.9 Å². The van der Waals surface area contributed by atoms with Crippen LogP contribution in [0.3, 0.4) is 0 Å². The smallest absolute Gasteiger partial charge is 0.305 e. The Balaban J connectivity index is 2.64. The van der Waals surface area contributed by atoms with Crippen LogP contribution in [0.2, 0.25) is 5.02 Å². The number of benzene rings is 1. The molecule has 122 valence electrons. The topological polar surface area (TPSA) is 84.9 Å². The monoisotopic (exact) mass is 329 g/mol. The number of aliphatic carboxylic acids is 1. The van der Waals surface area contributed by atoms with Gasteiger partial charge >= 0.3 is 5.97 Å². The molecule has 0 fully saturated rings. The number of carboxylic acid groups (broad SMARTS) is 1. The molecule has 1 amide bonds. The van der Waals surface area contributed by atoms with Gasteiger partial charge in [-0.25, -0.2) is 0 Å². The van der Waals surface area contributed by atoms with Crippen molar-refractivity contribution in [3.05, 3.63) is 28.8 Å². The maximum atomic E-state index is 12.0. The van der Waals surface area contributed by atoms with Gasteiger partial charge in [0.2, 0.25) is 0 Å². The number of ether oxygens (including phenoxy) is 2. The summed E-state index contributed by atoms with van der Waals surface area (Å²) in [6, 6.07) is 5.16. The molecule has 1 aromatic carbocycles. The molecule has 6 nitrogen and oxygen atoms in total. The highest BCUT2D eigenvalue weighted by Gasteiger charge is 2.29. The van der Waals surface area contributed by atoms with Crippen LogP contribution in [0, 0.1) is 6.92 Å². The van der Waals surface area contributed by atoms with Crippen LogP contribution in [0.4, 0.5) is 0 Å². The molecule has 1 atom stereocenters. The molecule has 0 aromatic heterocycles. The average molecular weight is 330 g/mol. The summed E-state index contributed by atoms with van der Waals surface area (Å²) >= 11 is 5.97. The first-order valence-electron chi connectivity index (χ1n) is 6.67. The van der Waals surface area contributed by atoms with E-state index in [4.69, 9.17) is 26.2 Å². The zero-order valence-corrected chi connectivity index (χ0v) is 13.6. The highest BCUT2D eigenvalue weighted by molar-refractivity contribution is 6.31. The number of hydrogen-bond donors (Lipinski definition) is 2. The van der Waals surface area contributed by atoms with E-state index in [0.29, 0.717) is 10.8 Å². The van der Waals surface area contributed by atoms with E-state index in [1.54, 1.807) is 32.0 Å². The Labute approximate surface area is 134 Å². The second-order valence-corrected chi connectivity index (χ2v) is 5.67. The SMILES string of the molecule is COCC(C)(CC(=O)O)NC(=O)COc1cccc(Cl)c1C. The third kappa shape index (κ3) is 5.54. The highest BCUT2D eigenvalue weighted by atomic mass is 35.5. The lowest BCUT2D eigenvalue weighted by Gasteiger charge is -2.28. The quantitative estimate of drug-likeness (QED) is 0.762. The Bertz CT molecular complexity index is 549. The lowest BCUT2D eigenvalue weighted by atomic mass is 9.99. The number of halogens is 1. The first-order chi connectivity index (χ1) is 10.3. The van der Waals surface area contributed by atoms with Gasteiger partial charge in [0.25, 0.3) is 5.91 Å². The highest BCUT2D eigenvalue weighted by Crippen LogP contribution is 2.24. The Morgan fingerprint density at radius 2 is 2.09 bits per heavy atom. The number of carboxylic acids is 1. The van der Waals surface area contributed by atoms with Crippen molar-refractivity contribution >= 4 is 23.5 Å². The molecule has 1 rings (SSSR count). The van der Waals surface area contributed by atoms with Crippen molar-refractivity contribution in [1.29, 1.82) is 0 Å². The van der Waals surface area contributed by atoms with Gasteiger partial charge in [-0.15, -0.1) is 0 Å². The predicted octanol–water partition coefficient (Wildman–Crippen LogP) is 2.02. The number of carbonyl (C=O) groups excluding carboxylic acids is 1. The molecule has 0 aliphatic carbocycles. The first kappa shape index (κ1) is 18.3. The van der Waals surface area contributed by atoms with E-state index in [0.717, 1.165) is 5.56 Å². The molecule has 0 spiro atoms. The van der Waals surface area contributed by atoms with Crippen LogP contribution < -0.4 is 10.1 Å². The van der Waals surface area contributed by atoms with Crippen LogP contribution in [0.1, 0.15) is 18.9 Å². The summed E-state index contributed by atoms with van der Waals surface area (Å²) in [5.41, 5.74) is -0.258. The van der Waals surface area contributed by atoms with E-state index >= 15 is 0 Å². The maximum absolute atomic E-state index is 12.0. The fraction of sp³-hybridized carbons (Fsp3) is 0.467. The summed E-state index contributed by atoms with van der Waals surface area (Å²) in [4.78, 5) is 22.8. The van der Waals surface area contributed by atoms with E-state index in [-0.39, 0.29) is 19.6 Å². The largest absolute Gasteiger partial charge is 0.483 e. The summed E-state index contributed by atoms with van der Waals surface area (Å²) in [5, 5.41) is 12.1. The zero-order chi connectivity index (χ0) is 16.8. The number of carbonyl (C=O) groups is 2. The van der Waals surface area contributed by atoms with Crippen LogP contribution in [-0.4, -0.2) is 42.8 Å². The minimum absolute atomic E-state index is 0.0846. The van der Waals surface area contributed by atoms with Crippen LogP contribution >= 0.6 is 11.6 Å². The molecule has 0 aliphatic rings. The van der Waals surface area contributed by atoms with Crippen LogP contribution in [0.5, 0.6) is 5.75 Å². The van der Waals surface area contributed by atoms with E-state index < -0.39 is 17.4 Å². The average Bonchev–Trinajstić information content (AvgIpc) is 2.39. The van der Waals surface area contributed by atoms with Crippen molar-refractivity contribution in [2.45, 2.75) is 25.8 Å². The summed E-state index contributed by atoms with van der Waals surface area (Å²) in [5.74, 6) is -0.944. The number of rotatable bonds is 8. The van der Waals surface area contributed by atoms with Gasteiger partial charge in [-0.1, -0.05) is 17.7 Å². The van der Waals surface area contributed by atoms with E-state index in [9.17, 15) is 9.59 Å². The molecular formula is C15H20ClNO5. The van der Waals surface area contributed by atoms with Gasteiger partial charge in [-0.2, -0.15) is 0 Å². The molecular weight excluding hydrogens is 310 g/mol. The Morgan fingerprint density at radius 1 is 1.41 bits per heavy atom. The van der Waals surface area contributed by atoms with E-state index in [1.807, 2.05) is 0 Å². The molecule has 0 saturated carbocycles. The molecule has 0 bridgehead atoms. The molecule has 2 N–H and O–H groups in total. The van der Waals surface area contributed by atoms with Crippen molar-refractivity contribution in [3.8, 4) is 5.75 Å². The molecule has 0 saturated heterocycles. The lowest BCUT2D eigenvalue weighted by Crippen LogP contribution is -2.52. The van der Waals surface area contributed by atoms with Gasteiger partial charge in [-0.05, 0) is 26.0 Å².